The van der Waals surface area contributed by atoms with Gasteiger partial charge in [0.2, 0.25) is 0 Å². The van der Waals surface area contributed by atoms with Crippen molar-refractivity contribution in [3.63, 3.8) is 0 Å². The number of allylic oxidation sites excluding steroid dienone is 4. The summed E-state index contributed by atoms with van der Waals surface area (Å²) in [5, 5.41) is 22.9. The van der Waals surface area contributed by atoms with Gasteiger partial charge in [-0.15, -0.1) is 11.5 Å². The third kappa shape index (κ3) is 7.37. The van der Waals surface area contributed by atoms with Crippen molar-refractivity contribution in [2.24, 2.45) is 11.8 Å². The number of rotatable bonds is 2. The topological polar surface area (TPSA) is 80.3 Å². The summed E-state index contributed by atoms with van der Waals surface area (Å²) >= 11 is 0. The Morgan fingerprint density at radius 3 is 1.20 bits per heavy atom. The van der Waals surface area contributed by atoms with E-state index in [4.69, 9.17) is 0 Å². The van der Waals surface area contributed by atoms with Crippen LogP contribution in [0.25, 0.3) is 0 Å². The molecule has 1 radical (unpaired) electrons. The van der Waals surface area contributed by atoms with E-state index in [1.54, 1.807) is 0 Å². The summed E-state index contributed by atoms with van der Waals surface area (Å²) in [5.41, 5.74) is 1.13. The summed E-state index contributed by atoms with van der Waals surface area (Å²) in [7, 11) is 0. The summed E-state index contributed by atoms with van der Waals surface area (Å²) < 4.78 is 0. The van der Waals surface area contributed by atoms with Crippen molar-refractivity contribution in [2.75, 3.05) is 0 Å². The van der Waals surface area contributed by atoms with Gasteiger partial charge in [-0.25, -0.2) is 0 Å². The molecule has 0 aliphatic heterocycles. The van der Waals surface area contributed by atoms with Crippen molar-refractivity contribution in [1.29, 1.82) is 0 Å². The molecule has 147 valence electrons. The minimum absolute atomic E-state index is 0. The third-order valence-electron chi connectivity index (χ3n) is 4.48. The molecule has 4 nitrogen and oxygen atoms in total. The van der Waals surface area contributed by atoms with Crippen LogP contribution >= 0.6 is 0 Å². The second-order valence-electron chi connectivity index (χ2n) is 7.26. The Labute approximate surface area is 162 Å². The molecule has 2 saturated carbocycles. The second-order valence-corrected chi connectivity index (χ2v) is 7.26. The van der Waals surface area contributed by atoms with Crippen molar-refractivity contribution in [1.82, 2.24) is 0 Å². The minimum atomic E-state index is -0.0259. The number of carbonyl (C=O) groups is 2. The maximum atomic E-state index is 11.5. The van der Waals surface area contributed by atoms with E-state index in [-0.39, 0.29) is 52.0 Å². The van der Waals surface area contributed by atoms with Crippen LogP contribution in [0.15, 0.2) is 22.7 Å². The normalized spacial score (nSPS) is 22.2. The Bertz CT molecular complexity index is 482. The van der Waals surface area contributed by atoms with Crippen molar-refractivity contribution < 1.29 is 36.9 Å². The van der Waals surface area contributed by atoms with E-state index in [1.165, 1.54) is 0 Å². The molecular weight excluding hydrogens is 368 g/mol. The predicted molar refractivity (Wildman–Crippen MR) is 90.7 cm³/mol. The molecule has 2 aliphatic rings. The van der Waals surface area contributed by atoms with Gasteiger partial charge in [0.1, 0.15) is 0 Å². The molecule has 0 N–H and O–H groups in total. The smallest absolute Gasteiger partial charge is 0.157 e. The Morgan fingerprint density at radius 2 is 0.960 bits per heavy atom. The Morgan fingerprint density at radius 1 is 0.680 bits per heavy atom. The molecule has 0 saturated heterocycles. The standard InChI is InChI=1S/2C10H16O2.Cu/c2*1-7(2)10(12)8-5-3-4-6-9(8)11;/h2*7,12H,3-6H2,1-2H3;/p-2. The van der Waals surface area contributed by atoms with Crippen LogP contribution < -0.4 is 10.2 Å². The van der Waals surface area contributed by atoms with Crippen LogP contribution in [0.1, 0.15) is 79.1 Å². The Hall–Kier alpha value is -1.06. The first-order chi connectivity index (χ1) is 11.3. The van der Waals surface area contributed by atoms with Crippen LogP contribution in [0.4, 0.5) is 0 Å². The third-order valence-corrected chi connectivity index (χ3v) is 4.48. The first-order valence-electron chi connectivity index (χ1n) is 9.12. The fourth-order valence-corrected chi connectivity index (χ4v) is 2.97. The molecule has 2 fully saturated rings. The van der Waals surface area contributed by atoms with Gasteiger partial charge in [-0.05, 0) is 61.5 Å². The number of hydrogen-bond donors (Lipinski definition) is 0. The summed E-state index contributed by atoms with van der Waals surface area (Å²) in [6.07, 6.45) is 6.47. The molecule has 5 heteroatoms. The molecule has 0 heterocycles. The molecule has 0 aromatic heterocycles. The van der Waals surface area contributed by atoms with Gasteiger partial charge in [-0.1, -0.05) is 27.7 Å². The van der Waals surface area contributed by atoms with E-state index >= 15 is 0 Å². The molecule has 25 heavy (non-hydrogen) atoms. The average Bonchev–Trinajstić information content (AvgIpc) is 2.55. The largest absolute Gasteiger partial charge is 0.875 e. The molecule has 2 aliphatic carbocycles. The molecule has 0 spiro atoms. The first-order valence-corrected chi connectivity index (χ1v) is 9.12. The molecule has 0 aromatic rings. The second kappa shape index (κ2) is 11.5. The number of hydrogen-bond acceptors (Lipinski definition) is 4. The fraction of sp³-hybridized carbons (Fsp3) is 0.700. The average molecular weight is 398 g/mol. The van der Waals surface area contributed by atoms with Crippen LogP contribution in [0.2, 0.25) is 0 Å². The van der Waals surface area contributed by atoms with Gasteiger partial charge in [-0.2, -0.15) is 0 Å². The van der Waals surface area contributed by atoms with E-state index in [0.29, 0.717) is 36.8 Å². The fourth-order valence-electron chi connectivity index (χ4n) is 2.97. The summed E-state index contributed by atoms with van der Waals surface area (Å²) in [4.78, 5) is 22.6. The van der Waals surface area contributed by atoms with Gasteiger partial charge in [-0.3, -0.25) is 9.59 Å². The zero-order valence-corrected chi connectivity index (χ0v) is 16.7. The maximum Gasteiger partial charge on any atom is 0.157 e. The van der Waals surface area contributed by atoms with Crippen molar-refractivity contribution >= 4 is 11.6 Å². The van der Waals surface area contributed by atoms with Crippen LogP contribution in [0.5, 0.6) is 0 Å². The van der Waals surface area contributed by atoms with Crippen molar-refractivity contribution in [3.8, 4) is 0 Å². The van der Waals surface area contributed by atoms with Gasteiger partial charge in [0.25, 0.3) is 0 Å². The summed E-state index contributed by atoms with van der Waals surface area (Å²) in [6.45, 7) is 7.38. The zero-order chi connectivity index (χ0) is 18.3. The summed E-state index contributed by atoms with van der Waals surface area (Å²) in [5.74, 6) is 0.225. The Kier molecular flexibility index (Phi) is 11.0. The summed E-state index contributed by atoms with van der Waals surface area (Å²) in [6, 6.07) is 0. The van der Waals surface area contributed by atoms with Crippen LogP contribution in [-0.4, -0.2) is 11.6 Å². The van der Waals surface area contributed by atoms with E-state index in [2.05, 4.69) is 0 Å². The zero-order valence-electron chi connectivity index (χ0n) is 15.7. The first kappa shape index (κ1) is 23.9. The predicted octanol–water partition coefficient (Wildman–Crippen LogP) is 2.80. The van der Waals surface area contributed by atoms with Gasteiger partial charge < -0.3 is 10.2 Å². The van der Waals surface area contributed by atoms with Crippen molar-refractivity contribution in [3.05, 3.63) is 22.7 Å². The molecular formula is C20H30CuO4-2. The number of ketones is 2. The molecule has 0 unspecified atom stereocenters. The van der Waals surface area contributed by atoms with Gasteiger partial charge in [0.15, 0.2) is 11.6 Å². The van der Waals surface area contributed by atoms with Crippen molar-refractivity contribution in [2.45, 2.75) is 79.1 Å². The molecule has 0 atom stereocenters. The van der Waals surface area contributed by atoms with Crippen LogP contribution in [-0.2, 0) is 26.7 Å². The number of Topliss-reactive ketones (excluding diaryl/α,β-unsaturated/α-hetero) is 2. The van der Waals surface area contributed by atoms with E-state index in [9.17, 15) is 19.8 Å². The maximum absolute atomic E-state index is 11.5. The molecule has 2 rings (SSSR count). The van der Waals surface area contributed by atoms with Crippen LogP contribution in [0, 0.1) is 11.8 Å². The minimum Gasteiger partial charge on any atom is -0.875 e. The van der Waals surface area contributed by atoms with E-state index < -0.39 is 0 Å². The van der Waals surface area contributed by atoms with E-state index in [1.807, 2.05) is 27.7 Å². The monoisotopic (exact) mass is 397 g/mol. The molecule has 0 aromatic carbocycles. The quantitative estimate of drug-likeness (QED) is 0.407. The SMILES string of the molecule is CC(C)C([O-])=C1CCCCC1=O.CC(C)C([O-])=C1CCCCC1=O.[Cu]. The van der Waals surface area contributed by atoms with Gasteiger partial charge in [0.05, 0.1) is 0 Å². The molecule has 0 bridgehead atoms. The van der Waals surface area contributed by atoms with Gasteiger partial charge in [0, 0.05) is 29.9 Å². The van der Waals surface area contributed by atoms with E-state index in [0.717, 1.165) is 25.7 Å². The Balaban J connectivity index is 0.000000443. The molecule has 0 amide bonds. The van der Waals surface area contributed by atoms with Crippen LogP contribution in [0.3, 0.4) is 0 Å². The van der Waals surface area contributed by atoms with Gasteiger partial charge >= 0.3 is 0 Å². The number of carbonyl (C=O) groups excluding carboxylic acids is 2.